The molecule has 2 aliphatic rings. The van der Waals surface area contributed by atoms with Crippen LogP contribution in [0.3, 0.4) is 0 Å². The van der Waals surface area contributed by atoms with Gasteiger partial charge in [-0.1, -0.05) is 78.9 Å². The summed E-state index contributed by atoms with van der Waals surface area (Å²) in [6.07, 6.45) is -0.261. The largest absolute Gasteiger partial charge is 0.457 e. The van der Waals surface area contributed by atoms with Crippen molar-refractivity contribution in [3.05, 3.63) is 184 Å². The van der Waals surface area contributed by atoms with Gasteiger partial charge in [0.1, 0.15) is 11.5 Å². The van der Waals surface area contributed by atoms with Crippen molar-refractivity contribution < 1.29 is 29.0 Å². The highest BCUT2D eigenvalue weighted by molar-refractivity contribution is 5.89. The van der Waals surface area contributed by atoms with E-state index in [1.165, 1.54) is 0 Å². The molecular weight excluding hydrogens is 759 g/mol. The number of hydrogen-bond acceptors (Lipinski definition) is 9. The molecule has 306 valence electrons. The van der Waals surface area contributed by atoms with E-state index in [9.17, 15) is 20.0 Å². The van der Waals surface area contributed by atoms with E-state index in [0.29, 0.717) is 24.4 Å². The van der Waals surface area contributed by atoms with Gasteiger partial charge in [-0.3, -0.25) is 15.0 Å². The number of para-hydroxylation sites is 1. The number of carbonyl (C=O) groups is 1. The Balaban J connectivity index is 0.906. The standard InChI is InChI=1S/C48H47N5O7/c54-33-34-12-14-36(15-13-34)46-30-45(32-51-24-26-52(27-25-51)41-18-20-42(21-19-41)53(56)57)59-47(60-46)39-9-5-8-38(29-39)37-7-4-6-35(28-37)31-49-48(55)50-40-16-22-44(23-17-40)58-43-10-2-1-3-11-43/h1-23,28-29,45-47,54H,24-27,30-33H2,(H2,49,50,55)/t45-,46+,47+/m1/s1. The number of nitrogens with zero attached hydrogens (tertiary/aromatic N) is 3. The highest BCUT2D eigenvalue weighted by atomic mass is 16.7. The van der Waals surface area contributed by atoms with Crippen molar-refractivity contribution in [1.82, 2.24) is 10.2 Å². The second kappa shape index (κ2) is 19.0. The SMILES string of the molecule is O=C(NCc1cccc(-c2cccc([C@H]3O[C@@H](CN4CCN(c5ccc([N+](=O)[O-])cc5)CC4)C[C@@H](c4ccc(CO)cc4)O3)c2)c1)Nc1ccc(Oc2ccccc2)cc1. The topological polar surface area (TPSA) is 139 Å². The quantitative estimate of drug-likeness (QED) is 0.0770. The average Bonchev–Trinajstić information content (AvgIpc) is 3.30. The highest BCUT2D eigenvalue weighted by Crippen LogP contribution is 2.39. The first-order valence-electron chi connectivity index (χ1n) is 20.1. The number of aliphatic hydroxyl groups is 1. The molecule has 0 spiro atoms. The molecule has 0 radical (unpaired) electrons. The lowest BCUT2D eigenvalue weighted by atomic mass is 9.98. The van der Waals surface area contributed by atoms with Crippen LogP contribution in [0.4, 0.5) is 21.9 Å². The van der Waals surface area contributed by atoms with Crippen molar-refractivity contribution in [2.45, 2.75) is 38.1 Å². The maximum absolute atomic E-state index is 12.8. The third-order valence-electron chi connectivity index (χ3n) is 10.8. The molecule has 6 aromatic rings. The number of urea groups is 1. The molecule has 2 fully saturated rings. The van der Waals surface area contributed by atoms with Crippen LogP contribution < -0.4 is 20.3 Å². The fraction of sp³-hybridized carbons (Fsp3) is 0.229. The lowest BCUT2D eigenvalue weighted by molar-refractivity contribution is -0.384. The first-order valence-corrected chi connectivity index (χ1v) is 20.1. The number of nitrogens with one attached hydrogen (secondary N) is 2. The average molecular weight is 806 g/mol. The number of benzene rings is 6. The molecule has 0 aromatic heterocycles. The summed E-state index contributed by atoms with van der Waals surface area (Å²) in [7, 11) is 0. The van der Waals surface area contributed by atoms with Gasteiger partial charge in [-0.15, -0.1) is 0 Å². The lowest BCUT2D eigenvalue weighted by Crippen LogP contribution is -2.49. The van der Waals surface area contributed by atoms with E-state index >= 15 is 0 Å². The molecule has 0 saturated carbocycles. The maximum atomic E-state index is 12.8. The number of nitro groups is 1. The van der Waals surface area contributed by atoms with E-state index in [1.807, 2.05) is 103 Å². The van der Waals surface area contributed by atoms with Gasteiger partial charge in [0.05, 0.1) is 23.7 Å². The van der Waals surface area contributed by atoms with Gasteiger partial charge in [-0.05, 0) is 88.5 Å². The third-order valence-corrected chi connectivity index (χ3v) is 10.8. The van der Waals surface area contributed by atoms with Crippen LogP contribution in [0.25, 0.3) is 11.1 Å². The Bertz CT molecular complexity index is 2350. The molecule has 2 amide bonds. The molecule has 0 unspecified atom stereocenters. The molecule has 12 nitrogen and oxygen atoms in total. The number of amides is 2. The normalized spacial score (nSPS) is 18.1. The number of carbonyl (C=O) groups excluding carboxylic acids is 1. The van der Waals surface area contributed by atoms with E-state index in [2.05, 4.69) is 44.7 Å². The van der Waals surface area contributed by atoms with Crippen molar-refractivity contribution in [2.24, 2.45) is 0 Å². The number of hydrogen-bond donors (Lipinski definition) is 3. The molecule has 2 heterocycles. The third kappa shape index (κ3) is 10.3. The zero-order valence-electron chi connectivity index (χ0n) is 33.1. The van der Waals surface area contributed by atoms with Crippen LogP contribution in [-0.2, 0) is 22.6 Å². The number of nitro benzene ring substituents is 1. The van der Waals surface area contributed by atoms with Crippen LogP contribution in [0.1, 0.15) is 41.1 Å². The van der Waals surface area contributed by atoms with Crippen molar-refractivity contribution in [2.75, 3.05) is 42.9 Å². The fourth-order valence-electron chi connectivity index (χ4n) is 7.61. The van der Waals surface area contributed by atoms with E-state index in [1.54, 1.807) is 24.3 Å². The van der Waals surface area contributed by atoms with E-state index in [-0.39, 0.29) is 35.5 Å². The molecule has 0 bridgehead atoms. The minimum Gasteiger partial charge on any atom is -0.457 e. The number of aliphatic hydroxyl groups excluding tert-OH is 1. The second-order valence-electron chi connectivity index (χ2n) is 15.0. The monoisotopic (exact) mass is 805 g/mol. The molecule has 8 rings (SSSR count). The molecule has 60 heavy (non-hydrogen) atoms. The molecular formula is C48H47N5O7. The van der Waals surface area contributed by atoms with Crippen LogP contribution in [0, 0.1) is 10.1 Å². The van der Waals surface area contributed by atoms with Gasteiger partial charge >= 0.3 is 6.03 Å². The minimum atomic E-state index is -0.611. The Morgan fingerprint density at radius 2 is 1.43 bits per heavy atom. The van der Waals surface area contributed by atoms with Gasteiger partial charge in [-0.25, -0.2) is 4.79 Å². The predicted molar refractivity (Wildman–Crippen MR) is 231 cm³/mol. The van der Waals surface area contributed by atoms with Crippen LogP contribution in [0.2, 0.25) is 0 Å². The first kappa shape index (κ1) is 40.2. The molecule has 2 aliphatic heterocycles. The van der Waals surface area contributed by atoms with Crippen LogP contribution >= 0.6 is 0 Å². The van der Waals surface area contributed by atoms with E-state index < -0.39 is 6.29 Å². The van der Waals surface area contributed by atoms with Gasteiger partial charge < -0.3 is 34.9 Å². The molecule has 12 heteroatoms. The van der Waals surface area contributed by atoms with Crippen molar-refractivity contribution in [3.8, 4) is 22.6 Å². The van der Waals surface area contributed by atoms with E-state index in [4.69, 9.17) is 14.2 Å². The number of non-ortho nitro benzene ring substituents is 1. The number of rotatable bonds is 13. The predicted octanol–water partition coefficient (Wildman–Crippen LogP) is 9.24. The maximum Gasteiger partial charge on any atom is 0.319 e. The molecule has 6 aromatic carbocycles. The molecule has 2 saturated heterocycles. The molecule has 3 atom stereocenters. The van der Waals surface area contributed by atoms with E-state index in [0.717, 1.165) is 77.5 Å². The Hall–Kier alpha value is -6.57. The van der Waals surface area contributed by atoms with Crippen molar-refractivity contribution >= 4 is 23.1 Å². The number of ether oxygens (including phenoxy) is 3. The lowest BCUT2D eigenvalue weighted by Gasteiger charge is -2.41. The molecule has 0 aliphatic carbocycles. The minimum absolute atomic E-state index is 0.0241. The summed E-state index contributed by atoms with van der Waals surface area (Å²) >= 11 is 0. The van der Waals surface area contributed by atoms with Crippen LogP contribution in [0.15, 0.2) is 152 Å². The van der Waals surface area contributed by atoms with Gasteiger partial charge in [0, 0.05) is 74.8 Å². The second-order valence-corrected chi connectivity index (χ2v) is 15.0. The summed E-state index contributed by atoms with van der Waals surface area (Å²) in [5, 5.41) is 26.6. The zero-order valence-corrected chi connectivity index (χ0v) is 33.1. The van der Waals surface area contributed by atoms with Crippen molar-refractivity contribution in [3.63, 3.8) is 0 Å². The fourth-order valence-corrected chi connectivity index (χ4v) is 7.61. The number of piperazine rings is 1. The Morgan fingerprint density at radius 3 is 2.15 bits per heavy atom. The van der Waals surface area contributed by atoms with Gasteiger partial charge in [-0.2, -0.15) is 0 Å². The van der Waals surface area contributed by atoms with Gasteiger partial charge in [0.25, 0.3) is 5.69 Å². The summed E-state index contributed by atoms with van der Waals surface area (Å²) in [6.45, 7) is 4.31. The smallest absolute Gasteiger partial charge is 0.319 e. The molecule has 3 N–H and O–H groups in total. The number of anilines is 2. The van der Waals surface area contributed by atoms with Crippen molar-refractivity contribution in [1.29, 1.82) is 0 Å². The highest BCUT2D eigenvalue weighted by Gasteiger charge is 2.34. The van der Waals surface area contributed by atoms with Gasteiger partial charge in [0.15, 0.2) is 6.29 Å². The Labute approximate surface area is 349 Å². The van der Waals surface area contributed by atoms with Crippen LogP contribution in [0.5, 0.6) is 11.5 Å². The Morgan fingerprint density at radius 1 is 0.733 bits per heavy atom. The summed E-state index contributed by atoms with van der Waals surface area (Å²) in [6, 6.07) is 47.4. The first-order chi connectivity index (χ1) is 29.3. The Kier molecular flexibility index (Phi) is 12.7. The van der Waals surface area contributed by atoms with Gasteiger partial charge in [0.2, 0.25) is 0 Å². The van der Waals surface area contributed by atoms with Crippen LogP contribution in [-0.4, -0.2) is 59.8 Å². The summed E-state index contributed by atoms with van der Waals surface area (Å²) in [4.78, 5) is 28.3. The summed E-state index contributed by atoms with van der Waals surface area (Å²) in [5.41, 5.74) is 7.45. The summed E-state index contributed by atoms with van der Waals surface area (Å²) < 4.78 is 19.3. The zero-order chi connectivity index (χ0) is 41.3. The summed E-state index contributed by atoms with van der Waals surface area (Å²) in [5.74, 6) is 1.42.